The Bertz CT molecular complexity index is 391. The molecule has 0 bridgehead atoms. The van der Waals surface area contributed by atoms with Crippen LogP contribution >= 0.6 is 0 Å². The van der Waals surface area contributed by atoms with Crippen LogP contribution in [-0.2, 0) is 12.8 Å². The van der Waals surface area contributed by atoms with Crippen molar-refractivity contribution in [2.75, 3.05) is 0 Å². The van der Waals surface area contributed by atoms with E-state index < -0.39 is 0 Å². The van der Waals surface area contributed by atoms with Crippen molar-refractivity contribution in [2.45, 2.75) is 58.4 Å². The summed E-state index contributed by atoms with van der Waals surface area (Å²) in [4.78, 5) is 4.88. The Morgan fingerprint density at radius 1 is 1.27 bits per heavy atom. The van der Waals surface area contributed by atoms with Crippen molar-refractivity contribution in [1.29, 1.82) is 0 Å². The van der Waals surface area contributed by atoms with Gasteiger partial charge in [-0.3, -0.25) is 0 Å². The van der Waals surface area contributed by atoms with Crippen molar-refractivity contribution in [2.24, 2.45) is 5.92 Å². The Morgan fingerprint density at radius 3 is 2.87 bits per heavy atom. The molecule has 15 heavy (non-hydrogen) atoms. The van der Waals surface area contributed by atoms with Gasteiger partial charge in [-0.05, 0) is 32.1 Å². The lowest BCUT2D eigenvalue weighted by Gasteiger charge is -2.28. The molecule has 1 aromatic heterocycles. The lowest BCUT2D eigenvalue weighted by Crippen LogP contribution is -2.22. The Labute approximate surface area is 91.7 Å². The van der Waals surface area contributed by atoms with Crippen LogP contribution < -0.4 is 0 Å². The monoisotopic (exact) mass is 204 g/mol. The first-order chi connectivity index (χ1) is 7.16. The van der Waals surface area contributed by atoms with Gasteiger partial charge in [-0.25, -0.2) is 4.98 Å². The zero-order valence-corrected chi connectivity index (χ0v) is 9.95. The Kier molecular flexibility index (Phi) is 1.95. The number of hydrogen-bond donors (Lipinski definition) is 0. The van der Waals surface area contributed by atoms with Gasteiger partial charge in [0.05, 0.1) is 5.69 Å². The first kappa shape index (κ1) is 9.44. The summed E-state index contributed by atoms with van der Waals surface area (Å²) in [6, 6.07) is 0.672. The third-order valence-electron chi connectivity index (χ3n) is 4.11. The second-order valence-electron chi connectivity index (χ2n) is 5.56. The van der Waals surface area contributed by atoms with E-state index in [2.05, 4.69) is 25.3 Å². The highest BCUT2D eigenvalue weighted by Crippen LogP contribution is 2.38. The molecule has 82 valence electrons. The predicted molar refractivity (Wildman–Crippen MR) is 61.2 cm³/mol. The number of imidazole rings is 1. The van der Waals surface area contributed by atoms with Crippen LogP contribution in [0.25, 0.3) is 0 Å². The van der Waals surface area contributed by atoms with Crippen LogP contribution in [-0.4, -0.2) is 9.55 Å². The Morgan fingerprint density at radius 2 is 2.07 bits per heavy atom. The van der Waals surface area contributed by atoms with Gasteiger partial charge in [-0.1, -0.05) is 13.8 Å². The molecular weight excluding hydrogens is 184 g/mol. The minimum absolute atomic E-state index is 0.672. The summed E-state index contributed by atoms with van der Waals surface area (Å²) in [6.07, 6.45) is 5.07. The lowest BCUT2D eigenvalue weighted by molar-refractivity contribution is 0.336. The van der Waals surface area contributed by atoms with Crippen LogP contribution in [0, 0.1) is 5.92 Å². The molecule has 1 aromatic rings. The SMILES string of the molecule is CC1Cc2nc3c(n2C(C)C1)CCC3C. The van der Waals surface area contributed by atoms with Gasteiger partial charge in [0.25, 0.3) is 0 Å². The highest BCUT2D eigenvalue weighted by Gasteiger charge is 2.31. The fourth-order valence-electron chi connectivity index (χ4n) is 3.42. The number of nitrogens with zero attached hydrogens (tertiary/aromatic N) is 2. The van der Waals surface area contributed by atoms with Crippen molar-refractivity contribution in [3.63, 3.8) is 0 Å². The molecule has 3 atom stereocenters. The minimum Gasteiger partial charge on any atom is -0.329 e. The van der Waals surface area contributed by atoms with E-state index in [1.54, 1.807) is 5.69 Å². The highest BCUT2D eigenvalue weighted by molar-refractivity contribution is 5.27. The molecule has 3 rings (SSSR count). The topological polar surface area (TPSA) is 17.8 Å². The molecule has 0 saturated carbocycles. The molecular formula is C13H20N2. The van der Waals surface area contributed by atoms with Gasteiger partial charge in [0.2, 0.25) is 0 Å². The van der Waals surface area contributed by atoms with Gasteiger partial charge in [-0.15, -0.1) is 0 Å². The standard InChI is InChI=1S/C13H20N2/c1-8-6-10(3)15-11-5-4-9(2)13(11)14-12(15)7-8/h8-10H,4-7H2,1-3H3. The first-order valence-corrected chi connectivity index (χ1v) is 6.26. The molecule has 0 radical (unpaired) electrons. The van der Waals surface area contributed by atoms with E-state index >= 15 is 0 Å². The van der Waals surface area contributed by atoms with Crippen LogP contribution in [0.5, 0.6) is 0 Å². The summed E-state index contributed by atoms with van der Waals surface area (Å²) in [6.45, 7) is 7.02. The van der Waals surface area contributed by atoms with E-state index in [0.29, 0.717) is 12.0 Å². The quantitative estimate of drug-likeness (QED) is 0.635. The van der Waals surface area contributed by atoms with Crippen LogP contribution in [0.3, 0.4) is 0 Å². The largest absolute Gasteiger partial charge is 0.329 e. The summed E-state index contributed by atoms with van der Waals surface area (Å²) >= 11 is 0. The number of hydrogen-bond acceptors (Lipinski definition) is 1. The maximum absolute atomic E-state index is 4.88. The summed E-state index contributed by atoms with van der Waals surface area (Å²) in [7, 11) is 0. The molecule has 0 saturated heterocycles. The molecule has 3 unspecified atom stereocenters. The smallest absolute Gasteiger partial charge is 0.109 e. The van der Waals surface area contributed by atoms with Gasteiger partial charge in [0, 0.05) is 24.1 Å². The summed E-state index contributed by atoms with van der Waals surface area (Å²) in [5.41, 5.74) is 2.96. The van der Waals surface area contributed by atoms with Crippen LogP contribution in [0.4, 0.5) is 0 Å². The van der Waals surface area contributed by atoms with Gasteiger partial charge in [0.15, 0.2) is 0 Å². The summed E-state index contributed by atoms with van der Waals surface area (Å²) in [5.74, 6) is 2.86. The molecule has 0 spiro atoms. The average molecular weight is 204 g/mol. The molecule has 2 nitrogen and oxygen atoms in total. The van der Waals surface area contributed by atoms with Gasteiger partial charge in [0.1, 0.15) is 5.82 Å². The predicted octanol–water partition coefficient (Wildman–Crippen LogP) is 3.08. The normalized spacial score (nSPS) is 33.9. The maximum Gasteiger partial charge on any atom is 0.109 e. The molecule has 2 heteroatoms. The second-order valence-corrected chi connectivity index (χ2v) is 5.56. The van der Waals surface area contributed by atoms with Crippen molar-refractivity contribution in [3.05, 3.63) is 17.2 Å². The van der Waals surface area contributed by atoms with Gasteiger partial charge < -0.3 is 4.57 Å². The Balaban J connectivity index is 2.11. The average Bonchev–Trinajstić information content (AvgIpc) is 2.66. The number of fused-ring (bicyclic) bond motifs is 3. The molecule has 2 aliphatic rings. The molecule has 0 amide bonds. The van der Waals surface area contributed by atoms with Crippen molar-refractivity contribution in [1.82, 2.24) is 9.55 Å². The van der Waals surface area contributed by atoms with E-state index in [1.807, 2.05) is 0 Å². The van der Waals surface area contributed by atoms with E-state index in [-0.39, 0.29) is 0 Å². The van der Waals surface area contributed by atoms with E-state index in [1.165, 1.54) is 37.2 Å². The summed E-state index contributed by atoms with van der Waals surface area (Å²) < 4.78 is 2.54. The lowest BCUT2D eigenvalue weighted by atomic mass is 9.95. The van der Waals surface area contributed by atoms with E-state index in [4.69, 9.17) is 4.98 Å². The second kappa shape index (κ2) is 3.10. The van der Waals surface area contributed by atoms with E-state index in [0.717, 1.165) is 5.92 Å². The molecule has 0 fully saturated rings. The summed E-state index contributed by atoms with van der Waals surface area (Å²) in [5, 5.41) is 0. The van der Waals surface area contributed by atoms with Gasteiger partial charge in [-0.2, -0.15) is 0 Å². The fourth-order valence-corrected chi connectivity index (χ4v) is 3.42. The first-order valence-electron chi connectivity index (χ1n) is 6.26. The fraction of sp³-hybridized carbons (Fsp3) is 0.769. The van der Waals surface area contributed by atoms with E-state index in [9.17, 15) is 0 Å². The number of rotatable bonds is 0. The number of aromatic nitrogens is 2. The zero-order valence-electron chi connectivity index (χ0n) is 9.95. The zero-order chi connectivity index (χ0) is 10.6. The van der Waals surface area contributed by atoms with Crippen LogP contribution in [0.1, 0.15) is 62.8 Å². The Hall–Kier alpha value is -0.790. The maximum atomic E-state index is 4.88. The molecule has 1 aliphatic carbocycles. The van der Waals surface area contributed by atoms with Crippen molar-refractivity contribution < 1.29 is 0 Å². The molecule has 0 aromatic carbocycles. The minimum atomic E-state index is 0.672. The molecule has 0 N–H and O–H groups in total. The molecule has 1 aliphatic heterocycles. The van der Waals surface area contributed by atoms with Crippen molar-refractivity contribution in [3.8, 4) is 0 Å². The third-order valence-corrected chi connectivity index (χ3v) is 4.11. The van der Waals surface area contributed by atoms with Crippen LogP contribution in [0.15, 0.2) is 0 Å². The molecule has 2 heterocycles. The van der Waals surface area contributed by atoms with Crippen LogP contribution in [0.2, 0.25) is 0 Å². The highest BCUT2D eigenvalue weighted by atomic mass is 15.1. The van der Waals surface area contributed by atoms with Gasteiger partial charge >= 0.3 is 0 Å². The van der Waals surface area contributed by atoms with Crippen molar-refractivity contribution >= 4 is 0 Å². The third kappa shape index (κ3) is 1.27.